The van der Waals surface area contributed by atoms with Crippen LogP contribution in [-0.2, 0) is 16.2 Å². The molecule has 172 valence electrons. The Morgan fingerprint density at radius 3 is 2.41 bits per heavy atom. The quantitative estimate of drug-likeness (QED) is 0.396. The second-order valence-electron chi connectivity index (χ2n) is 7.88. The van der Waals surface area contributed by atoms with Crippen LogP contribution in [0.4, 0.5) is 14.9 Å². The number of nitrogens with one attached hydrogen (secondary N) is 1. The zero-order chi connectivity index (χ0) is 24.4. The number of carbonyl (C=O) groups is 3. The molecule has 3 aromatic carbocycles. The van der Waals surface area contributed by atoms with Crippen molar-refractivity contribution < 1.29 is 23.5 Å². The van der Waals surface area contributed by atoms with Crippen LogP contribution in [0.25, 0.3) is 6.08 Å². The number of rotatable bonds is 5. The van der Waals surface area contributed by atoms with E-state index in [9.17, 15) is 18.8 Å². The van der Waals surface area contributed by atoms with Crippen molar-refractivity contribution >= 4 is 41.2 Å². The fourth-order valence-corrected chi connectivity index (χ4v) is 3.92. The SMILES string of the molecule is Cc1cc(C)cc(COc2ccc(Cl)cc2/C=C2/C(=O)NC(=O)N(c3ccccc3F)C2=O)c1. The summed E-state index contributed by atoms with van der Waals surface area (Å²) in [5.74, 6) is -2.26. The predicted molar refractivity (Wildman–Crippen MR) is 127 cm³/mol. The number of carbonyl (C=O) groups excluding carboxylic acids is 3. The van der Waals surface area contributed by atoms with Gasteiger partial charge in [-0.3, -0.25) is 14.9 Å². The molecule has 0 aromatic heterocycles. The maximum Gasteiger partial charge on any atom is 0.336 e. The van der Waals surface area contributed by atoms with Crippen LogP contribution in [0.5, 0.6) is 5.75 Å². The highest BCUT2D eigenvalue weighted by Crippen LogP contribution is 2.29. The number of amides is 4. The van der Waals surface area contributed by atoms with E-state index in [4.69, 9.17) is 16.3 Å². The summed E-state index contributed by atoms with van der Waals surface area (Å²) >= 11 is 6.15. The minimum atomic E-state index is -1.03. The molecule has 1 saturated heterocycles. The molecule has 0 atom stereocenters. The number of aryl methyl sites for hydroxylation is 2. The van der Waals surface area contributed by atoms with Gasteiger partial charge in [-0.05, 0) is 55.8 Å². The molecule has 1 aliphatic rings. The maximum absolute atomic E-state index is 14.3. The average Bonchev–Trinajstić information content (AvgIpc) is 2.76. The van der Waals surface area contributed by atoms with Gasteiger partial charge < -0.3 is 4.74 Å². The summed E-state index contributed by atoms with van der Waals surface area (Å²) in [5, 5.41) is 2.44. The number of halogens is 2. The molecule has 0 spiro atoms. The van der Waals surface area contributed by atoms with Gasteiger partial charge >= 0.3 is 6.03 Å². The molecular weight excluding hydrogens is 459 g/mol. The first-order chi connectivity index (χ1) is 16.2. The van der Waals surface area contributed by atoms with Gasteiger partial charge in [0.25, 0.3) is 11.8 Å². The number of hydrogen-bond donors (Lipinski definition) is 1. The number of para-hydroxylation sites is 1. The smallest absolute Gasteiger partial charge is 0.336 e. The summed E-state index contributed by atoms with van der Waals surface area (Å²) in [6.45, 7) is 4.23. The lowest BCUT2D eigenvalue weighted by Crippen LogP contribution is -2.54. The number of barbiturate groups is 1. The fraction of sp³-hybridized carbons (Fsp3) is 0.115. The largest absolute Gasteiger partial charge is 0.488 e. The van der Waals surface area contributed by atoms with E-state index in [1.54, 1.807) is 12.1 Å². The molecule has 6 nitrogen and oxygen atoms in total. The van der Waals surface area contributed by atoms with E-state index >= 15 is 0 Å². The third-order valence-electron chi connectivity index (χ3n) is 5.14. The second kappa shape index (κ2) is 9.49. The van der Waals surface area contributed by atoms with Crippen LogP contribution >= 0.6 is 11.6 Å². The van der Waals surface area contributed by atoms with Crippen LogP contribution in [0, 0.1) is 19.7 Å². The van der Waals surface area contributed by atoms with Crippen molar-refractivity contribution in [1.29, 1.82) is 0 Å². The Hall–Kier alpha value is -3.97. The highest BCUT2D eigenvalue weighted by atomic mass is 35.5. The van der Waals surface area contributed by atoms with Crippen molar-refractivity contribution in [3.05, 3.63) is 99.3 Å². The highest BCUT2D eigenvalue weighted by Gasteiger charge is 2.38. The van der Waals surface area contributed by atoms with Crippen LogP contribution in [0.3, 0.4) is 0 Å². The summed E-state index contributed by atoms with van der Waals surface area (Å²) in [4.78, 5) is 38.5. The van der Waals surface area contributed by atoms with Gasteiger partial charge in [0, 0.05) is 10.6 Å². The minimum absolute atomic E-state index is 0.250. The summed E-state index contributed by atoms with van der Waals surface area (Å²) < 4.78 is 20.3. The molecule has 1 N–H and O–H groups in total. The van der Waals surface area contributed by atoms with Crippen molar-refractivity contribution in [3.8, 4) is 5.75 Å². The first kappa shape index (κ1) is 23.2. The molecule has 1 aliphatic heterocycles. The van der Waals surface area contributed by atoms with Crippen molar-refractivity contribution in [1.82, 2.24) is 5.32 Å². The number of ether oxygens (including phenoxy) is 1. The molecule has 0 saturated carbocycles. The van der Waals surface area contributed by atoms with E-state index < -0.39 is 23.7 Å². The highest BCUT2D eigenvalue weighted by molar-refractivity contribution is 6.39. The summed E-state index contributed by atoms with van der Waals surface area (Å²) in [6.07, 6.45) is 1.28. The first-order valence-corrected chi connectivity index (χ1v) is 10.8. The van der Waals surface area contributed by atoms with Crippen LogP contribution in [0.2, 0.25) is 5.02 Å². The lowest BCUT2D eigenvalue weighted by Gasteiger charge is -2.26. The van der Waals surface area contributed by atoms with Gasteiger partial charge in [0.1, 0.15) is 23.7 Å². The molecule has 1 fully saturated rings. The minimum Gasteiger partial charge on any atom is -0.488 e. The van der Waals surface area contributed by atoms with Gasteiger partial charge in [0.05, 0.1) is 5.69 Å². The summed E-state index contributed by atoms with van der Waals surface area (Å²) in [7, 11) is 0. The third-order valence-corrected chi connectivity index (χ3v) is 5.38. The van der Waals surface area contributed by atoms with E-state index in [2.05, 4.69) is 11.4 Å². The standard InChI is InChI=1S/C26H20ClFN2O4/c1-15-9-16(2)11-17(10-15)14-34-23-8-7-19(27)12-18(23)13-20-24(31)29-26(33)30(25(20)32)22-6-4-3-5-21(22)28/h3-13H,14H2,1-2H3,(H,29,31,33)/b20-13-. The Balaban J connectivity index is 1.69. The lowest BCUT2D eigenvalue weighted by molar-refractivity contribution is -0.122. The van der Waals surface area contributed by atoms with E-state index in [1.165, 1.54) is 30.3 Å². The van der Waals surface area contributed by atoms with Crippen molar-refractivity contribution in [2.75, 3.05) is 4.90 Å². The molecule has 34 heavy (non-hydrogen) atoms. The fourth-order valence-electron chi connectivity index (χ4n) is 3.74. The Morgan fingerprint density at radius 1 is 1.00 bits per heavy atom. The van der Waals surface area contributed by atoms with Gasteiger partial charge in [-0.2, -0.15) is 0 Å². The Kier molecular flexibility index (Phi) is 6.47. The van der Waals surface area contributed by atoms with Crippen molar-refractivity contribution in [2.45, 2.75) is 20.5 Å². The van der Waals surface area contributed by atoms with E-state index in [-0.39, 0.29) is 17.9 Å². The van der Waals surface area contributed by atoms with Gasteiger partial charge in [0.15, 0.2) is 0 Å². The van der Waals surface area contributed by atoms with Gasteiger partial charge in [0.2, 0.25) is 0 Å². The zero-order valence-electron chi connectivity index (χ0n) is 18.4. The number of nitrogens with zero attached hydrogens (tertiary/aromatic N) is 1. The third kappa shape index (κ3) is 4.84. The predicted octanol–water partition coefficient (Wildman–Crippen LogP) is 5.34. The van der Waals surface area contributed by atoms with Crippen LogP contribution in [0.15, 0.2) is 66.2 Å². The number of urea groups is 1. The summed E-state index contributed by atoms with van der Waals surface area (Å²) in [5.41, 5.74) is 2.88. The van der Waals surface area contributed by atoms with E-state index in [0.29, 0.717) is 21.2 Å². The molecule has 1 heterocycles. The lowest BCUT2D eigenvalue weighted by atomic mass is 10.1. The van der Waals surface area contributed by atoms with Crippen molar-refractivity contribution in [3.63, 3.8) is 0 Å². The normalized spacial score (nSPS) is 15.0. The molecule has 4 rings (SSSR count). The van der Waals surface area contributed by atoms with Crippen LogP contribution in [-0.4, -0.2) is 17.8 Å². The Bertz CT molecular complexity index is 1330. The maximum atomic E-state index is 14.3. The zero-order valence-corrected chi connectivity index (χ0v) is 19.2. The van der Waals surface area contributed by atoms with Crippen LogP contribution < -0.4 is 15.0 Å². The average molecular weight is 479 g/mol. The molecule has 0 unspecified atom stereocenters. The Labute approximate surface area is 200 Å². The topological polar surface area (TPSA) is 75.7 Å². The molecular formula is C26H20ClFN2O4. The number of hydrogen-bond acceptors (Lipinski definition) is 4. The molecule has 4 amide bonds. The molecule has 0 aliphatic carbocycles. The number of imide groups is 2. The van der Waals surface area contributed by atoms with E-state index in [0.717, 1.165) is 22.8 Å². The van der Waals surface area contributed by atoms with Crippen molar-refractivity contribution in [2.24, 2.45) is 0 Å². The first-order valence-electron chi connectivity index (χ1n) is 10.4. The monoisotopic (exact) mass is 478 g/mol. The summed E-state index contributed by atoms with van der Waals surface area (Å²) in [6, 6.07) is 15.1. The van der Waals surface area contributed by atoms with Crippen LogP contribution in [0.1, 0.15) is 22.3 Å². The molecule has 0 radical (unpaired) electrons. The number of benzene rings is 3. The van der Waals surface area contributed by atoms with Gasteiger partial charge in [-0.1, -0.05) is 53.1 Å². The second-order valence-corrected chi connectivity index (χ2v) is 8.31. The molecule has 3 aromatic rings. The Morgan fingerprint density at radius 2 is 1.71 bits per heavy atom. The molecule has 0 bridgehead atoms. The number of anilines is 1. The van der Waals surface area contributed by atoms with Gasteiger partial charge in [-0.15, -0.1) is 0 Å². The van der Waals surface area contributed by atoms with E-state index in [1.807, 2.05) is 26.0 Å². The van der Waals surface area contributed by atoms with Gasteiger partial charge in [-0.25, -0.2) is 14.1 Å². The molecule has 8 heteroatoms.